The highest BCUT2D eigenvalue weighted by Crippen LogP contribution is 2.07. The van der Waals surface area contributed by atoms with E-state index in [0.29, 0.717) is 0 Å². The topological polar surface area (TPSA) is 39.1 Å². The summed E-state index contributed by atoms with van der Waals surface area (Å²) in [6, 6.07) is 0. The van der Waals surface area contributed by atoms with Gasteiger partial charge in [0.15, 0.2) is 0 Å². The molecule has 1 rings (SSSR count). The second-order valence-corrected chi connectivity index (χ2v) is 3.96. The number of hydrogen-bond donors (Lipinski definition) is 1. The molecule has 17 heavy (non-hydrogen) atoms. The lowest BCUT2D eigenvalue weighted by Gasteiger charge is -2.05. The van der Waals surface area contributed by atoms with Crippen LogP contribution in [0.1, 0.15) is 24.1 Å². The van der Waals surface area contributed by atoms with E-state index in [2.05, 4.69) is 23.3 Å². The molecule has 0 bridgehead atoms. The van der Waals surface area contributed by atoms with Gasteiger partial charge in [0.05, 0.1) is 12.8 Å². The standard InChI is InChI=1S/C13H21N3O/c1-4-5-6-8-16-12(2)13(11-15-16)10-14-7-9-17-3/h1,11,14H,5-10H2,2-3H3. The predicted octanol–water partition coefficient (Wildman–Crippen LogP) is 1.34. The predicted molar refractivity (Wildman–Crippen MR) is 68.6 cm³/mol. The van der Waals surface area contributed by atoms with E-state index in [0.717, 1.165) is 39.1 Å². The molecule has 4 nitrogen and oxygen atoms in total. The van der Waals surface area contributed by atoms with Crippen molar-refractivity contribution < 1.29 is 4.74 Å². The number of aryl methyl sites for hydroxylation is 1. The van der Waals surface area contributed by atoms with Gasteiger partial charge in [0.2, 0.25) is 0 Å². The van der Waals surface area contributed by atoms with Gasteiger partial charge >= 0.3 is 0 Å². The van der Waals surface area contributed by atoms with E-state index in [1.54, 1.807) is 7.11 Å². The van der Waals surface area contributed by atoms with E-state index in [1.807, 2.05) is 10.9 Å². The SMILES string of the molecule is C#CCCCn1ncc(CNCCOC)c1C. The molecule has 0 aromatic carbocycles. The lowest BCUT2D eigenvalue weighted by Crippen LogP contribution is -2.18. The first-order chi connectivity index (χ1) is 8.29. The molecule has 0 saturated carbocycles. The Labute approximate surface area is 103 Å². The zero-order valence-corrected chi connectivity index (χ0v) is 10.7. The highest BCUT2D eigenvalue weighted by atomic mass is 16.5. The third-order valence-electron chi connectivity index (χ3n) is 2.69. The maximum atomic E-state index is 5.23. The summed E-state index contributed by atoms with van der Waals surface area (Å²) in [7, 11) is 1.70. The summed E-state index contributed by atoms with van der Waals surface area (Å²) in [5.74, 6) is 2.65. The molecule has 0 aliphatic heterocycles. The molecule has 1 N–H and O–H groups in total. The molecular formula is C13H21N3O. The summed E-state index contributed by atoms with van der Waals surface area (Å²) in [5.41, 5.74) is 2.45. The summed E-state index contributed by atoms with van der Waals surface area (Å²) in [5, 5.41) is 7.68. The summed E-state index contributed by atoms with van der Waals surface area (Å²) < 4.78 is 7.00. The smallest absolute Gasteiger partial charge is 0.0587 e. The minimum atomic E-state index is 0.732. The van der Waals surface area contributed by atoms with Crippen LogP contribution in [0, 0.1) is 19.3 Å². The fraction of sp³-hybridized carbons (Fsp3) is 0.615. The first-order valence-corrected chi connectivity index (χ1v) is 5.94. The lowest BCUT2D eigenvalue weighted by atomic mass is 10.2. The zero-order valence-electron chi connectivity index (χ0n) is 10.7. The molecule has 4 heteroatoms. The largest absolute Gasteiger partial charge is 0.383 e. The minimum absolute atomic E-state index is 0.732. The van der Waals surface area contributed by atoms with Crippen LogP contribution in [0.5, 0.6) is 0 Å². The van der Waals surface area contributed by atoms with Crippen molar-refractivity contribution in [1.82, 2.24) is 15.1 Å². The molecule has 0 spiro atoms. The Morgan fingerprint density at radius 1 is 1.59 bits per heavy atom. The van der Waals surface area contributed by atoms with Crippen LogP contribution in [0.4, 0.5) is 0 Å². The average molecular weight is 235 g/mol. The van der Waals surface area contributed by atoms with Gasteiger partial charge in [-0.2, -0.15) is 5.10 Å². The van der Waals surface area contributed by atoms with Crippen LogP contribution in [0.3, 0.4) is 0 Å². The Bertz CT molecular complexity index is 365. The average Bonchev–Trinajstić information content (AvgIpc) is 2.67. The molecule has 1 aromatic heterocycles. The minimum Gasteiger partial charge on any atom is -0.383 e. The molecule has 0 radical (unpaired) electrons. The summed E-state index contributed by atoms with van der Waals surface area (Å²) in [6.45, 7) is 5.42. The van der Waals surface area contributed by atoms with Crippen molar-refractivity contribution in [2.75, 3.05) is 20.3 Å². The molecule has 1 aromatic rings. The van der Waals surface area contributed by atoms with Crippen molar-refractivity contribution in [3.8, 4) is 12.3 Å². The molecule has 94 valence electrons. The van der Waals surface area contributed by atoms with Crippen LogP contribution >= 0.6 is 0 Å². The number of nitrogens with one attached hydrogen (secondary N) is 1. The van der Waals surface area contributed by atoms with Gasteiger partial charge < -0.3 is 10.1 Å². The summed E-state index contributed by atoms with van der Waals surface area (Å²) in [6.07, 6.45) is 8.94. The Kier molecular flexibility index (Phi) is 6.38. The fourth-order valence-electron chi connectivity index (χ4n) is 1.61. The molecule has 0 amide bonds. The molecule has 0 atom stereocenters. The number of unbranched alkanes of at least 4 members (excludes halogenated alkanes) is 1. The molecule has 0 aliphatic rings. The Morgan fingerprint density at radius 2 is 2.41 bits per heavy atom. The second kappa shape index (κ2) is 7.88. The first kappa shape index (κ1) is 13.8. The number of aromatic nitrogens is 2. The third kappa shape index (κ3) is 4.59. The fourth-order valence-corrected chi connectivity index (χ4v) is 1.61. The highest BCUT2D eigenvalue weighted by Gasteiger charge is 2.05. The molecule has 0 aliphatic carbocycles. The van der Waals surface area contributed by atoms with E-state index in [-0.39, 0.29) is 0 Å². The van der Waals surface area contributed by atoms with Crippen LogP contribution in [-0.4, -0.2) is 30.0 Å². The number of hydrogen-bond acceptors (Lipinski definition) is 3. The molecule has 1 heterocycles. The molecular weight excluding hydrogens is 214 g/mol. The van der Waals surface area contributed by atoms with Crippen molar-refractivity contribution in [3.05, 3.63) is 17.5 Å². The van der Waals surface area contributed by atoms with Crippen LogP contribution in [0.15, 0.2) is 6.20 Å². The van der Waals surface area contributed by atoms with Crippen molar-refractivity contribution in [2.45, 2.75) is 32.9 Å². The highest BCUT2D eigenvalue weighted by molar-refractivity contribution is 5.15. The number of rotatable bonds is 8. The van der Waals surface area contributed by atoms with Crippen molar-refractivity contribution in [3.63, 3.8) is 0 Å². The maximum absolute atomic E-state index is 5.23. The Morgan fingerprint density at radius 3 is 3.12 bits per heavy atom. The van der Waals surface area contributed by atoms with Crippen LogP contribution in [-0.2, 0) is 17.8 Å². The number of terminal acetylenes is 1. The van der Waals surface area contributed by atoms with E-state index < -0.39 is 0 Å². The van der Waals surface area contributed by atoms with Crippen LogP contribution in [0.25, 0.3) is 0 Å². The van der Waals surface area contributed by atoms with E-state index in [4.69, 9.17) is 11.2 Å². The Balaban J connectivity index is 2.38. The third-order valence-corrected chi connectivity index (χ3v) is 2.69. The van der Waals surface area contributed by atoms with Crippen molar-refractivity contribution in [1.29, 1.82) is 0 Å². The molecule has 0 fully saturated rings. The van der Waals surface area contributed by atoms with Crippen molar-refractivity contribution in [2.24, 2.45) is 0 Å². The molecule has 0 saturated heterocycles. The summed E-state index contributed by atoms with van der Waals surface area (Å²) in [4.78, 5) is 0. The lowest BCUT2D eigenvalue weighted by molar-refractivity contribution is 0.199. The Hall–Kier alpha value is -1.31. The van der Waals surface area contributed by atoms with Gasteiger partial charge in [-0.1, -0.05) is 0 Å². The van der Waals surface area contributed by atoms with Gasteiger partial charge in [-0.05, 0) is 13.3 Å². The van der Waals surface area contributed by atoms with E-state index >= 15 is 0 Å². The quantitative estimate of drug-likeness (QED) is 0.546. The van der Waals surface area contributed by atoms with E-state index in [1.165, 1.54) is 11.3 Å². The van der Waals surface area contributed by atoms with Gasteiger partial charge in [-0.3, -0.25) is 4.68 Å². The van der Waals surface area contributed by atoms with Gasteiger partial charge in [-0.25, -0.2) is 0 Å². The second-order valence-electron chi connectivity index (χ2n) is 3.96. The van der Waals surface area contributed by atoms with Gasteiger partial charge in [0.25, 0.3) is 0 Å². The zero-order chi connectivity index (χ0) is 12.5. The van der Waals surface area contributed by atoms with Crippen molar-refractivity contribution >= 4 is 0 Å². The van der Waals surface area contributed by atoms with Crippen LogP contribution in [0.2, 0.25) is 0 Å². The van der Waals surface area contributed by atoms with Gasteiger partial charge in [0.1, 0.15) is 0 Å². The monoisotopic (exact) mass is 235 g/mol. The number of methoxy groups -OCH3 is 1. The normalized spacial score (nSPS) is 10.4. The number of nitrogens with zero attached hydrogens (tertiary/aromatic N) is 2. The maximum Gasteiger partial charge on any atom is 0.0587 e. The van der Waals surface area contributed by atoms with Gasteiger partial charge in [0, 0.05) is 44.4 Å². The number of ether oxygens (including phenoxy) is 1. The van der Waals surface area contributed by atoms with Gasteiger partial charge in [-0.15, -0.1) is 12.3 Å². The van der Waals surface area contributed by atoms with E-state index in [9.17, 15) is 0 Å². The summed E-state index contributed by atoms with van der Waals surface area (Å²) >= 11 is 0. The molecule has 0 unspecified atom stereocenters. The van der Waals surface area contributed by atoms with Crippen LogP contribution < -0.4 is 5.32 Å². The first-order valence-electron chi connectivity index (χ1n) is 5.94.